The van der Waals surface area contributed by atoms with Crippen LogP contribution in [0.5, 0.6) is 0 Å². The molecule has 2 nitrogen and oxygen atoms in total. The summed E-state index contributed by atoms with van der Waals surface area (Å²) in [6.07, 6.45) is 0. The highest BCUT2D eigenvalue weighted by Crippen LogP contribution is 2.52. The maximum absolute atomic E-state index is 3.88. The maximum Gasteiger partial charge on any atom is 0.0558 e. The van der Waals surface area contributed by atoms with Crippen molar-refractivity contribution in [2.24, 2.45) is 0 Å². The first-order chi connectivity index (χ1) is 27.7. The number of benzene rings is 9. The summed E-state index contributed by atoms with van der Waals surface area (Å²) in [6, 6.07) is 62.9. The van der Waals surface area contributed by atoms with Crippen LogP contribution in [0.1, 0.15) is 0 Å². The van der Waals surface area contributed by atoms with Gasteiger partial charge in [-0.15, -0.1) is 11.3 Å². The van der Waals surface area contributed by atoms with E-state index in [0.717, 1.165) is 21.2 Å². The molecule has 0 saturated heterocycles. The van der Waals surface area contributed by atoms with Crippen LogP contribution in [0.15, 0.2) is 174 Å². The number of aromatic amines is 1. The van der Waals surface area contributed by atoms with E-state index in [1.165, 1.54) is 108 Å². The minimum atomic E-state index is 1.06. The summed E-state index contributed by atoms with van der Waals surface area (Å²) in [5, 5.41) is 10.4. The Balaban J connectivity index is 0.957. The van der Waals surface area contributed by atoms with Crippen LogP contribution in [0.3, 0.4) is 0 Å². The molecule has 0 unspecified atom stereocenters. The van der Waals surface area contributed by atoms with E-state index in [2.05, 4.69) is 195 Å². The first-order valence-corrected chi connectivity index (χ1v) is 20.6. The molecular formula is C52H29BrN2S. The Morgan fingerprint density at radius 3 is 2.02 bits per heavy atom. The van der Waals surface area contributed by atoms with Crippen molar-refractivity contribution in [3.05, 3.63) is 174 Å². The van der Waals surface area contributed by atoms with Crippen molar-refractivity contribution < 1.29 is 0 Å². The van der Waals surface area contributed by atoms with E-state index in [-0.39, 0.29) is 0 Å². The van der Waals surface area contributed by atoms with Gasteiger partial charge in [0.15, 0.2) is 0 Å². The third-order valence-corrected chi connectivity index (χ3v) is 13.7. The normalized spacial score (nSPS) is 12.4. The fourth-order valence-corrected chi connectivity index (χ4v) is 11.3. The number of halogens is 1. The minimum absolute atomic E-state index is 1.06. The van der Waals surface area contributed by atoms with E-state index in [0.29, 0.717) is 0 Å². The van der Waals surface area contributed by atoms with E-state index in [9.17, 15) is 0 Å². The van der Waals surface area contributed by atoms with E-state index in [4.69, 9.17) is 0 Å². The molecule has 0 saturated carbocycles. The number of H-pyrrole nitrogens is 1. The van der Waals surface area contributed by atoms with Gasteiger partial charge in [0.2, 0.25) is 0 Å². The number of thiophene rings is 1. The second-order valence-corrected chi connectivity index (χ2v) is 17.1. The third kappa shape index (κ3) is 4.20. The van der Waals surface area contributed by atoms with Gasteiger partial charge in [0, 0.05) is 62.9 Å². The maximum atomic E-state index is 3.88. The van der Waals surface area contributed by atoms with Crippen molar-refractivity contribution in [3.8, 4) is 50.2 Å². The van der Waals surface area contributed by atoms with Gasteiger partial charge in [0.1, 0.15) is 0 Å². The zero-order valence-corrected chi connectivity index (χ0v) is 32.3. The lowest BCUT2D eigenvalue weighted by atomic mass is 9.96. The molecule has 4 heteroatoms. The number of hydrogen-bond acceptors (Lipinski definition) is 1. The van der Waals surface area contributed by atoms with Crippen LogP contribution in [-0.4, -0.2) is 9.55 Å². The average Bonchev–Trinajstić information content (AvgIpc) is 3.98. The Kier molecular flexibility index (Phi) is 6.22. The zero-order valence-electron chi connectivity index (χ0n) is 29.9. The predicted octanol–water partition coefficient (Wildman–Crippen LogP) is 15.7. The lowest BCUT2D eigenvalue weighted by molar-refractivity contribution is 1.18. The average molecular weight is 794 g/mol. The molecule has 12 aromatic rings. The highest BCUT2D eigenvalue weighted by Gasteiger charge is 2.24. The summed E-state index contributed by atoms with van der Waals surface area (Å²) >= 11 is 5.79. The molecule has 3 heterocycles. The van der Waals surface area contributed by atoms with Crippen LogP contribution in [-0.2, 0) is 0 Å². The fourth-order valence-electron chi connectivity index (χ4n) is 9.71. The van der Waals surface area contributed by atoms with Gasteiger partial charge in [-0.2, -0.15) is 0 Å². The molecule has 260 valence electrons. The van der Waals surface area contributed by atoms with Crippen molar-refractivity contribution in [3.63, 3.8) is 0 Å². The second kappa shape index (κ2) is 11.3. The minimum Gasteiger partial charge on any atom is -0.354 e. The van der Waals surface area contributed by atoms with Gasteiger partial charge in [0.25, 0.3) is 0 Å². The molecule has 1 N–H and O–H groups in total. The van der Waals surface area contributed by atoms with Gasteiger partial charge in [-0.25, -0.2) is 0 Å². The van der Waals surface area contributed by atoms with Gasteiger partial charge in [-0.05, 0) is 122 Å². The van der Waals surface area contributed by atoms with Gasteiger partial charge < -0.3 is 9.55 Å². The highest BCUT2D eigenvalue weighted by atomic mass is 79.9. The molecule has 1 aliphatic carbocycles. The molecular weight excluding hydrogens is 765 g/mol. The van der Waals surface area contributed by atoms with Crippen LogP contribution >= 0.6 is 27.3 Å². The zero-order chi connectivity index (χ0) is 36.6. The van der Waals surface area contributed by atoms with Crippen LogP contribution in [0.25, 0.3) is 125 Å². The monoisotopic (exact) mass is 792 g/mol. The molecule has 0 amide bonds. The largest absolute Gasteiger partial charge is 0.354 e. The summed E-state index contributed by atoms with van der Waals surface area (Å²) in [4.78, 5) is 3.78. The van der Waals surface area contributed by atoms with Crippen molar-refractivity contribution >= 4 is 102 Å². The van der Waals surface area contributed by atoms with Crippen LogP contribution in [0.2, 0.25) is 0 Å². The van der Waals surface area contributed by atoms with Crippen molar-refractivity contribution in [1.82, 2.24) is 9.55 Å². The molecule has 0 bridgehead atoms. The number of para-hydroxylation sites is 2. The van der Waals surface area contributed by atoms with E-state index in [1.807, 2.05) is 11.3 Å². The Hall–Kier alpha value is -6.46. The quantitative estimate of drug-likeness (QED) is 0.184. The molecule has 0 spiro atoms. The second-order valence-electron chi connectivity index (χ2n) is 15.1. The van der Waals surface area contributed by atoms with Crippen molar-refractivity contribution in [1.29, 1.82) is 0 Å². The Morgan fingerprint density at radius 2 is 1.12 bits per heavy atom. The SMILES string of the molecule is Brc1cc(-c2ccc3c(c2)[nH]c2ccc(-c4ccc5sc6cc7c8c(cccc8c6c5c4)-c4ccccc4-7)cc23)c2c3ccccc3n(-c3ccccc3)c2c1. The molecule has 0 radical (unpaired) electrons. The molecule has 0 fully saturated rings. The van der Waals surface area contributed by atoms with Gasteiger partial charge in [0.05, 0.1) is 11.0 Å². The van der Waals surface area contributed by atoms with E-state index >= 15 is 0 Å². The molecule has 56 heavy (non-hydrogen) atoms. The number of rotatable bonds is 3. The van der Waals surface area contributed by atoms with Crippen molar-refractivity contribution in [2.75, 3.05) is 0 Å². The Labute approximate surface area is 334 Å². The standard InChI is InChI=1S/C52H29BrN2S/c53-32-26-40(51-38-13-6-7-16-46(38)55(47(51)27-32)33-9-2-1-3-10-33)31-17-20-36-41-23-29(18-21-44(41)54-45(36)25-31)30-19-22-48-43(24-30)52-39-15-8-14-37-34-11-4-5-12-35(34)42(50(37)39)28-49(52)56-48/h1-28,54H. The lowest BCUT2D eigenvalue weighted by Gasteiger charge is -2.10. The fraction of sp³-hybridized carbons (Fsp3) is 0. The van der Waals surface area contributed by atoms with Gasteiger partial charge in [-0.1, -0.05) is 119 Å². The van der Waals surface area contributed by atoms with E-state index < -0.39 is 0 Å². The molecule has 1 aliphatic rings. The first-order valence-electron chi connectivity index (χ1n) is 19.0. The Bertz CT molecular complexity index is 3660. The number of fused-ring (bicyclic) bond motifs is 13. The van der Waals surface area contributed by atoms with Gasteiger partial charge in [-0.3, -0.25) is 0 Å². The lowest BCUT2D eigenvalue weighted by Crippen LogP contribution is -1.93. The number of hydrogen-bond donors (Lipinski definition) is 1. The molecule has 0 aliphatic heterocycles. The van der Waals surface area contributed by atoms with E-state index in [1.54, 1.807) is 0 Å². The molecule has 3 aromatic heterocycles. The van der Waals surface area contributed by atoms with Crippen LogP contribution in [0, 0.1) is 0 Å². The Morgan fingerprint density at radius 1 is 0.393 bits per heavy atom. The smallest absolute Gasteiger partial charge is 0.0558 e. The highest BCUT2D eigenvalue weighted by molar-refractivity contribution is 9.10. The van der Waals surface area contributed by atoms with Crippen molar-refractivity contribution in [2.45, 2.75) is 0 Å². The van der Waals surface area contributed by atoms with Crippen LogP contribution < -0.4 is 0 Å². The summed E-state index contributed by atoms with van der Waals surface area (Å²) in [7, 11) is 0. The summed E-state index contributed by atoms with van der Waals surface area (Å²) in [6.45, 7) is 0. The summed E-state index contributed by atoms with van der Waals surface area (Å²) < 4.78 is 6.12. The molecule has 0 atom stereocenters. The molecule has 13 rings (SSSR count). The number of nitrogens with one attached hydrogen (secondary N) is 1. The molecule has 9 aromatic carbocycles. The van der Waals surface area contributed by atoms with Crippen LogP contribution in [0.4, 0.5) is 0 Å². The first kappa shape index (κ1) is 30.8. The topological polar surface area (TPSA) is 20.7 Å². The summed E-state index contributed by atoms with van der Waals surface area (Å²) in [5.74, 6) is 0. The number of aromatic nitrogens is 2. The van der Waals surface area contributed by atoms with Gasteiger partial charge >= 0.3 is 0 Å². The summed E-state index contributed by atoms with van der Waals surface area (Å²) in [5.41, 5.74) is 16.1. The third-order valence-electron chi connectivity index (χ3n) is 12.1. The number of nitrogens with zero attached hydrogens (tertiary/aromatic N) is 1. The predicted molar refractivity (Wildman–Crippen MR) is 244 cm³/mol.